The Hall–Kier alpha value is -1.79. The third-order valence-electron chi connectivity index (χ3n) is 4.64. The van der Waals surface area contributed by atoms with Gasteiger partial charge in [-0.3, -0.25) is 9.88 Å². The lowest BCUT2D eigenvalue weighted by Crippen LogP contribution is -2.31. The van der Waals surface area contributed by atoms with Gasteiger partial charge in [0.1, 0.15) is 0 Å². The van der Waals surface area contributed by atoms with Gasteiger partial charge in [-0.1, -0.05) is 11.3 Å². The predicted octanol–water partition coefficient (Wildman–Crippen LogP) is 1.66. The van der Waals surface area contributed by atoms with E-state index in [1.54, 1.807) is 0 Å². The number of rotatable bonds is 6. The summed E-state index contributed by atoms with van der Waals surface area (Å²) in [7, 11) is 2.14. The summed E-state index contributed by atoms with van der Waals surface area (Å²) in [6.07, 6.45) is 7.18. The second-order valence-electron chi connectivity index (χ2n) is 6.46. The van der Waals surface area contributed by atoms with Crippen LogP contribution in [-0.2, 0) is 13.0 Å². The van der Waals surface area contributed by atoms with E-state index < -0.39 is 0 Å². The van der Waals surface area contributed by atoms with Crippen LogP contribution in [0.1, 0.15) is 37.2 Å². The van der Waals surface area contributed by atoms with Crippen molar-refractivity contribution in [3.8, 4) is 0 Å². The lowest BCUT2D eigenvalue weighted by molar-refractivity contribution is 0.244. The van der Waals surface area contributed by atoms with Crippen LogP contribution in [0.2, 0.25) is 0 Å². The third kappa shape index (κ3) is 4.36. The van der Waals surface area contributed by atoms with Crippen molar-refractivity contribution < 1.29 is 0 Å². The quantitative estimate of drug-likeness (QED) is 0.879. The maximum Gasteiger partial charge on any atom is 0.0967 e. The number of hydrogen-bond acceptors (Lipinski definition) is 5. The van der Waals surface area contributed by atoms with Crippen LogP contribution in [-0.4, -0.2) is 51.1 Å². The lowest BCUT2D eigenvalue weighted by Gasteiger charge is -2.23. The molecule has 0 radical (unpaired) electrons. The standard InChI is InChI=1S/C17H26N6/c1-14(11-15-5-3-4-8-19-15)22(2)12-16-13-23(21-20-16)17-6-9-18-10-7-17/h3-5,8,13-14,17-18H,6-7,9-12H2,1-2H3. The number of aromatic nitrogens is 4. The Bertz CT molecular complexity index is 590. The van der Waals surface area contributed by atoms with Crippen molar-refractivity contribution in [1.29, 1.82) is 0 Å². The summed E-state index contributed by atoms with van der Waals surface area (Å²) in [5.74, 6) is 0. The van der Waals surface area contributed by atoms with Crippen molar-refractivity contribution in [1.82, 2.24) is 30.2 Å². The molecule has 3 rings (SSSR count). The van der Waals surface area contributed by atoms with Gasteiger partial charge in [0.2, 0.25) is 0 Å². The van der Waals surface area contributed by atoms with E-state index >= 15 is 0 Å². The maximum atomic E-state index is 4.41. The maximum absolute atomic E-state index is 4.41. The molecule has 0 bridgehead atoms. The van der Waals surface area contributed by atoms with E-state index in [9.17, 15) is 0 Å². The van der Waals surface area contributed by atoms with Gasteiger partial charge in [-0.15, -0.1) is 5.10 Å². The highest BCUT2D eigenvalue weighted by atomic mass is 15.4. The van der Waals surface area contributed by atoms with Gasteiger partial charge < -0.3 is 5.32 Å². The minimum absolute atomic E-state index is 0.411. The molecule has 1 saturated heterocycles. The number of pyridine rings is 1. The van der Waals surface area contributed by atoms with E-state index in [0.717, 1.165) is 50.3 Å². The molecule has 1 fully saturated rings. The first-order chi connectivity index (χ1) is 11.2. The molecule has 2 aromatic rings. The first kappa shape index (κ1) is 16.1. The van der Waals surface area contributed by atoms with E-state index in [2.05, 4.69) is 51.7 Å². The first-order valence-corrected chi connectivity index (χ1v) is 8.44. The summed E-state index contributed by atoms with van der Waals surface area (Å²) in [5.41, 5.74) is 2.17. The molecule has 1 unspecified atom stereocenters. The summed E-state index contributed by atoms with van der Waals surface area (Å²) < 4.78 is 2.05. The summed E-state index contributed by atoms with van der Waals surface area (Å²) in [6.45, 7) is 5.19. The van der Waals surface area contributed by atoms with Crippen molar-refractivity contribution in [2.75, 3.05) is 20.1 Å². The second kappa shape index (κ2) is 7.66. The zero-order valence-corrected chi connectivity index (χ0v) is 14.0. The molecule has 1 N–H and O–H groups in total. The van der Waals surface area contributed by atoms with Crippen LogP contribution in [0.3, 0.4) is 0 Å². The highest BCUT2D eigenvalue weighted by molar-refractivity contribution is 5.05. The fourth-order valence-corrected chi connectivity index (χ4v) is 3.02. The fourth-order valence-electron chi connectivity index (χ4n) is 3.02. The van der Waals surface area contributed by atoms with E-state index in [1.807, 2.05) is 23.0 Å². The Morgan fingerprint density at radius 3 is 2.87 bits per heavy atom. The molecule has 0 aliphatic carbocycles. The molecule has 124 valence electrons. The molecule has 0 amide bonds. The highest BCUT2D eigenvalue weighted by Crippen LogP contribution is 2.17. The SMILES string of the molecule is CC(Cc1ccccn1)N(C)Cc1cn(C2CCNCC2)nn1. The number of nitrogens with one attached hydrogen (secondary N) is 1. The first-order valence-electron chi connectivity index (χ1n) is 8.44. The number of hydrogen-bond donors (Lipinski definition) is 1. The van der Waals surface area contributed by atoms with Crippen molar-refractivity contribution in [2.24, 2.45) is 0 Å². The Morgan fingerprint density at radius 2 is 2.13 bits per heavy atom. The van der Waals surface area contributed by atoms with Gasteiger partial charge in [0.25, 0.3) is 0 Å². The zero-order valence-electron chi connectivity index (χ0n) is 14.0. The van der Waals surface area contributed by atoms with Crippen molar-refractivity contribution in [3.63, 3.8) is 0 Å². The van der Waals surface area contributed by atoms with Gasteiger partial charge >= 0.3 is 0 Å². The molecule has 0 spiro atoms. The summed E-state index contributed by atoms with van der Waals surface area (Å²) >= 11 is 0. The van der Waals surface area contributed by atoms with Gasteiger partial charge in [0.05, 0.1) is 17.9 Å². The van der Waals surface area contributed by atoms with Crippen LogP contribution in [0, 0.1) is 0 Å². The summed E-state index contributed by atoms with van der Waals surface area (Å²) in [6, 6.07) is 6.98. The number of piperidine rings is 1. The Kier molecular flexibility index (Phi) is 5.35. The van der Waals surface area contributed by atoms with Crippen LogP contribution in [0.4, 0.5) is 0 Å². The Balaban J connectivity index is 1.55. The van der Waals surface area contributed by atoms with Gasteiger partial charge in [0, 0.05) is 30.9 Å². The molecule has 2 aromatic heterocycles. The largest absolute Gasteiger partial charge is 0.317 e. The van der Waals surface area contributed by atoms with Crippen molar-refractivity contribution in [2.45, 2.75) is 44.8 Å². The van der Waals surface area contributed by atoms with Crippen LogP contribution >= 0.6 is 0 Å². The van der Waals surface area contributed by atoms with E-state index in [-0.39, 0.29) is 0 Å². The monoisotopic (exact) mass is 314 g/mol. The molecule has 1 aliphatic rings. The molecule has 0 saturated carbocycles. The van der Waals surface area contributed by atoms with Crippen LogP contribution in [0.5, 0.6) is 0 Å². The average molecular weight is 314 g/mol. The number of likely N-dealkylation sites (N-methyl/N-ethyl adjacent to an activating group) is 1. The van der Waals surface area contributed by atoms with Crippen LogP contribution in [0.25, 0.3) is 0 Å². The van der Waals surface area contributed by atoms with Gasteiger partial charge in [-0.25, -0.2) is 4.68 Å². The average Bonchev–Trinajstić information content (AvgIpc) is 3.05. The lowest BCUT2D eigenvalue weighted by atomic mass is 10.1. The smallest absolute Gasteiger partial charge is 0.0967 e. The van der Waals surface area contributed by atoms with Gasteiger partial charge in [-0.05, 0) is 52.0 Å². The topological polar surface area (TPSA) is 58.9 Å². The molecule has 23 heavy (non-hydrogen) atoms. The van der Waals surface area contributed by atoms with E-state index in [1.165, 1.54) is 0 Å². The summed E-state index contributed by atoms with van der Waals surface area (Å²) in [4.78, 5) is 6.72. The molecule has 6 heteroatoms. The van der Waals surface area contributed by atoms with E-state index in [0.29, 0.717) is 12.1 Å². The Morgan fingerprint density at radius 1 is 1.30 bits per heavy atom. The summed E-state index contributed by atoms with van der Waals surface area (Å²) in [5, 5.41) is 12.1. The minimum Gasteiger partial charge on any atom is -0.317 e. The molecular weight excluding hydrogens is 288 g/mol. The van der Waals surface area contributed by atoms with Crippen molar-refractivity contribution >= 4 is 0 Å². The number of nitrogens with zero attached hydrogens (tertiary/aromatic N) is 5. The van der Waals surface area contributed by atoms with Gasteiger partial charge in [-0.2, -0.15) is 0 Å². The predicted molar refractivity (Wildman–Crippen MR) is 90.0 cm³/mol. The van der Waals surface area contributed by atoms with Gasteiger partial charge in [0.15, 0.2) is 0 Å². The third-order valence-corrected chi connectivity index (χ3v) is 4.64. The molecular formula is C17H26N6. The van der Waals surface area contributed by atoms with E-state index in [4.69, 9.17) is 0 Å². The zero-order chi connectivity index (χ0) is 16.1. The highest BCUT2D eigenvalue weighted by Gasteiger charge is 2.18. The Labute approximate surface area is 137 Å². The van der Waals surface area contributed by atoms with Crippen LogP contribution in [0.15, 0.2) is 30.6 Å². The normalized spacial score (nSPS) is 17.5. The molecule has 1 aliphatic heterocycles. The second-order valence-corrected chi connectivity index (χ2v) is 6.46. The fraction of sp³-hybridized carbons (Fsp3) is 0.588. The molecule has 0 aromatic carbocycles. The molecule has 6 nitrogen and oxygen atoms in total. The molecule has 1 atom stereocenters. The molecule has 3 heterocycles. The van der Waals surface area contributed by atoms with Crippen LogP contribution < -0.4 is 5.32 Å². The van der Waals surface area contributed by atoms with Crippen molar-refractivity contribution in [3.05, 3.63) is 42.0 Å². The minimum atomic E-state index is 0.411.